The van der Waals surface area contributed by atoms with Crippen LogP contribution in [0.1, 0.15) is 35.5 Å². The van der Waals surface area contributed by atoms with Gasteiger partial charge in [-0.1, -0.05) is 0 Å². The molecule has 134 valence electrons. The Balaban J connectivity index is 1.32. The van der Waals surface area contributed by atoms with E-state index < -0.39 is 0 Å². The number of thiophene rings is 1. The number of aromatic amines is 1. The molecular weight excluding hydrogens is 358 g/mol. The lowest BCUT2D eigenvalue weighted by molar-refractivity contribution is -0.119. The molecule has 0 saturated carbocycles. The lowest BCUT2D eigenvalue weighted by Crippen LogP contribution is -2.32. The highest BCUT2D eigenvalue weighted by molar-refractivity contribution is 7.99. The zero-order valence-corrected chi connectivity index (χ0v) is 15.6. The van der Waals surface area contributed by atoms with E-state index >= 15 is 0 Å². The Labute approximate surface area is 153 Å². The Bertz CT molecular complexity index is 840. The summed E-state index contributed by atoms with van der Waals surface area (Å²) < 4.78 is 5.49. The lowest BCUT2D eigenvalue weighted by Gasteiger charge is -2.10. The standard InChI is InChI=1S/C17H21N3O3S2/c21-14(18-7-10-3-2-6-23-10)9-24-8-13-19-16(22)15-11-4-1-5-12(11)25-17(15)20-13/h10H,1-9H2,(H,18,21)(H,19,20,22)/t10-/m1/s1. The maximum absolute atomic E-state index is 12.4. The van der Waals surface area contributed by atoms with Gasteiger partial charge in [-0.3, -0.25) is 9.59 Å². The minimum absolute atomic E-state index is 0.000903. The van der Waals surface area contributed by atoms with Crippen molar-refractivity contribution in [3.8, 4) is 0 Å². The van der Waals surface area contributed by atoms with Crippen LogP contribution in [0.2, 0.25) is 0 Å². The summed E-state index contributed by atoms with van der Waals surface area (Å²) in [7, 11) is 0. The highest BCUT2D eigenvalue weighted by Crippen LogP contribution is 2.34. The van der Waals surface area contributed by atoms with Crippen LogP contribution in [0.5, 0.6) is 0 Å². The van der Waals surface area contributed by atoms with Crippen molar-refractivity contribution in [3.63, 3.8) is 0 Å². The van der Waals surface area contributed by atoms with Gasteiger partial charge in [0.1, 0.15) is 10.7 Å². The van der Waals surface area contributed by atoms with Crippen molar-refractivity contribution in [3.05, 3.63) is 26.6 Å². The van der Waals surface area contributed by atoms with Crippen LogP contribution in [-0.2, 0) is 28.1 Å². The molecule has 0 unspecified atom stereocenters. The number of carbonyl (C=O) groups excluding carboxylic acids is 1. The zero-order chi connectivity index (χ0) is 17.2. The molecule has 1 aliphatic carbocycles. The van der Waals surface area contributed by atoms with Crippen LogP contribution in [-0.4, -0.2) is 40.9 Å². The van der Waals surface area contributed by atoms with Crippen molar-refractivity contribution in [1.82, 2.24) is 15.3 Å². The molecule has 25 heavy (non-hydrogen) atoms. The van der Waals surface area contributed by atoms with E-state index in [2.05, 4.69) is 15.3 Å². The number of hydrogen-bond acceptors (Lipinski definition) is 6. The Morgan fingerprint density at radius 2 is 2.32 bits per heavy atom. The molecule has 4 rings (SSSR count). The average Bonchev–Trinajstić information content (AvgIpc) is 3.29. The quantitative estimate of drug-likeness (QED) is 0.802. The number of ether oxygens (including phenoxy) is 1. The number of carbonyl (C=O) groups is 1. The van der Waals surface area contributed by atoms with Crippen molar-refractivity contribution in [2.45, 2.75) is 44.0 Å². The third-order valence-electron chi connectivity index (χ3n) is 4.65. The van der Waals surface area contributed by atoms with E-state index in [1.807, 2.05) is 0 Å². The molecule has 0 aromatic carbocycles. The van der Waals surface area contributed by atoms with E-state index in [-0.39, 0.29) is 17.6 Å². The van der Waals surface area contributed by atoms with Gasteiger partial charge in [-0.05, 0) is 37.7 Å². The van der Waals surface area contributed by atoms with Crippen LogP contribution in [0.3, 0.4) is 0 Å². The smallest absolute Gasteiger partial charge is 0.259 e. The second-order valence-electron chi connectivity index (χ2n) is 6.48. The van der Waals surface area contributed by atoms with E-state index in [0.717, 1.165) is 48.9 Å². The topological polar surface area (TPSA) is 84.1 Å². The summed E-state index contributed by atoms with van der Waals surface area (Å²) in [6.07, 6.45) is 5.43. The van der Waals surface area contributed by atoms with Gasteiger partial charge >= 0.3 is 0 Å². The summed E-state index contributed by atoms with van der Waals surface area (Å²) in [6.45, 7) is 1.38. The van der Waals surface area contributed by atoms with Gasteiger partial charge in [0, 0.05) is 18.0 Å². The van der Waals surface area contributed by atoms with E-state index in [9.17, 15) is 9.59 Å². The average molecular weight is 380 g/mol. The second-order valence-corrected chi connectivity index (χ2v) is 8.55. The largest absolute Gasteiger partial charge is 0.376 e. The number of fused-ring (bicyclic) bond motifs is 3. The highest BCUT2D eigenvalue weighted by Gasteiger charge is 2.21. The summed E-state index contributed by atoms with van der Waals surface area (Å²) in [5.41, 5.74) is 1.16. The van der Waals surface area contributed by atoms with Crippen LogP contribution in [0.25, 0.3) is 10.2 Å². The molecule has 0 bridgehead atoms. The molecule has 3 heterocycles. The molecule has 1 fully saturated rings. The molecule has 1 atom stereocenters. The van der Waals surface area contributed by atoms with Gasteiger partial charge in [-0.25, -0.2) is 4.98 Å². The van der Waals surface area contributed by atoms with Crippen LogP contribution in [0.15, 0.2) is 4.79 Å². The van der Waals surface area contributed by atoms with Crippen molar-refractivity contribution in [2.24, 2.45) is 0 Å². The fourth-order valence-corrected chi connectivity index (χ4v) is 5.44. The number of aromatic nitrogens is 2. The molecule has 2 aromatic rings. The Morgan fingerprint density at radius 3 is 3.16 bits per heavy atom. The van der Waals surface area contributed by atoms with Gasteiger partial charge < -0.3 is 15.0 Å². The van der Waals surface area contributed by atoms with Gasteiger partial charge in [0.05, 0.1) is 23.0 Å². The first kappa shape index (κ1) is 17.1. The first-order chi connectivity index (χ1) is 12.2. The van der Waals surface area contributed by atoms with Crippen molar-refractivity contribution in [1.29, 1.82) is 0 Å². The number of amides is 1. The predicted octanol–water partition coefficient (Wildman–Crippen LogP) is 2.00. The van der Waals surface area contributed by atoms with Gasteiger partial charge in [0.15, 0.2) is 0 Å². The van der Waals surface area contributed by atoms with Gasteiger partial charge in [0.2, 0.25) is 5.91 Å². The molecule has 8 heteroatoms. The van der Waals surface area contributed by atoms with E-state index in [4.69, 9.17) is 4.74 Å². The third-order valence-corrected chi connectivity index (χ3v) is 6.78. The first-order valence-corrected chi connectivity index (χ1v) is 10.7. The molecule has 0 spiro atoms. The Hall–Kier alpha value is -1.38. The summed E-state index contributed by atoms with van der Waals surface area (Å²) >= 11 is 3.11. The van der Waals surface area contributed by atoms with Crippen molar-refractivity contribution in [2.75, 3.05) is 18.9 Å². The van der Waals surface area contributed by atoms with Crippen LogP contribution >= 0.6 is 23.1 Å². The summed E-state index contributed by atoms with van der Waals surface area (Å²) in [6, 6.07) is 0. The predicted molar refractivity (Wildman–Crippen MR) is 100 cm³/mol. The number of hydrogen-bond donors (Lipinski definition) is 2. The van der Waals surface area contributed by atoms with Crippen molar-refractivity contribution < 1.29 is 9.53 Å². The van der Waals surface area contributed by atoms with Gasteiger partial charge in [0.25, 0.3) is 5.56 Å². The maximum Gasteiger partial charge on any atom is 0.259 e. The summed E-state index contributed by atoms with van der Waals surface area (Å²) in [5, 5.41) is 3.68. The Morgan fingerprint density at radius 1 is 1.40 bits per heavy atom. The third kappa shape index (κ3) is 3.75. The second kappa shape index (κ2) is 7.47. The minimum Gasteiger partial charge on any atom is -0.376 e. The number of thioether (sulfide) groups is 1. The molecule has 1 amide bonds. The first-order valence-electron chi connectivity index (χ1n) is 8.70. The number of rotatable bonds is 6. The normalized spacial score (nSPS) is 19.4. The number of nitrogens with one attached hydrogen (secondary N) is 2. The number of H-pyrrole nitrogens is 1. The molecule has 6 nitrogen and oxygen atoms in total. The number of aryl methyl sites for hydroxylation is 2. The summed E-state index contributed by atoms with van der Waals surface area (Å²) in [5.74, 6) is 1.53. The number of nitrogens with zero attached hydrogens (tertiary/aromatic N) is 1. The molecule has 1 aliphatic heterocycles. The molecule has 2 aliphatic rings. The molecule has 1 saturated heterocycles. The summed E-state index contributed by atoms with van der Waals surface area (Å²) in [4.78, 5) is 33.9. The zero-order valence-electron chi connectivity index (χ0n) is 13.9. The SMILES string of the molecule is O=C(CSCc1nc2sc3c(c2c(=O)[nH]1)CCC3)NC[C@H]1CCCO1. The fourth-order valence-electron chi connectivity index (χ4n) is 3.44. The van der Waals surface area contributed by atoms with E-state index in [1.165, 1.54) is 22.2 Å². The van der Waals surface area contributed by atoms with E-state index in [1.54, 1.807) is 11.3 Å². The Kier molecular flexibility index (Phi) is 5.10. The van der Waals surface area contributed by atoms with Gasteiger partial charge in [-0.2, -0.15) is 0 Å². The fraction of sp³-hybridized carbons (Fsp3) is 0.588. The maximum atomic E-state index is 12.4. The highest BCUT2D eigenvalue weighted by atomic mass is 32.2. The van der Waals surface area contributed by atoms with E-state index in [0.29, 0.717) is 23.9 Å². The van der Waals surface area contributed by atoms with Crippen molar-refractivity contribution >= 4 is 39.2 Å². The van der Waals surface area contributed by atoms with Crippen LogP contribution in [0.4, 0.5) is 0 Å². The molecular formula is C17H21N3O3S2. The van der Waals surface area contributed by atoms with Gasteiger partial charge in [-0.15, -0.1) is 23.1 Å². The molecule has 0 radical (unpaired) electrons. The lowest BCUT2D eigenvalue weighted by atomic mass is 10.2. The van der Waals surface area contributed by atoms with Crippen LogP contribution < -0.4 is 10.9 Å². The van der Waals surface area contributed by atoms with Crippen LogP contribution in [0, 0.1) is 0 Å². The molecule has 2 N–H and O–H groups in total. The molecule has 2 aromatic heterocycles. The monoisotopic (exact) mass is 379 g/mol. The minimum atomic E-state index is -0.0390.